The summed E-state index contributed by atoms with van der Waals surface area (Å²) in [5.41, 5.74) is 1.04. The van der Waals surface area contributed by atoms with Gasteiger partial charge in [-0.15, -0.1) is 0 Å². The first-order valence-electron chi connectivity index (χ1n) is 4.58. The number of rotatable bonds is 3. The molecule has 0 atom stereocenters. The van der Waals surface area contributed by atoms with Crippen LogP contribution in [0, 0.1) is 0 Å². The number of nitrogens with zero attached hydrogens (tertiary/aromatic N) is 2. The third-order valence-electron chi connectivity index (χ3n) is 1.92. The monoisotopic (exact) mass is 298 g/mol. The Labute approximate surface area is 107 Å². The van der Waals surface area contributed by atoms with Crippen molar-refractivity contribution in [3.05, 3.63) is 51.8 Å². The van der Waals surface area contributed by atoms with Crippen LogP contribution in [0.1, 0.15) is 5.56 Å². The Bertz CT molecular complexity index is 476. The molecule has 82 valence electrons. The molecule has 0 fully saturated rings. The molecule has 3 nitrogen and oxygen atoms in total. The van der Waals surface area contributed by atoms with E-state index in [2.05, 4.69) is 25.9 Å². The zero-order chi connectivity index (χ0) is 11.4. The highest BCUT2D eigenvalue weighted by atomic mass is 79.9. The average molecular weight is 300 g/mol. The molecule has 1 heterocycles. The van der Waals surface area contributed by atoms with Crippen molar-refractivity contribution in [2.24, 2.45) is 0 Å². The molecule has 16 heavy (non-hydrogen) atoms. The summed E-state index contributed by atoms with van der Waals surface area (Å²) in [7, 11) is 0. The van der Waals surface area contributed by atoms with Crippen LogP contribution in [0.5, 0.6) is 5.88 Å². The van der Waals surface area contributed by atoms with Crippen LogP contribution in [-0.4, -0.2) is 9.97 Å². The first-order chi connectivity index (χ1) is 7.75. The van der Waals surface area contributed by atoms with Gasteiger partial charge in [-0.25, -0.2) is 9.97 Å². The highest BCUT2D eigenvalue weighted by Gasteiger charge is 2.02. The molecule has 0 saturated heterocycles. The molecule has 2 rings (SSSR count). The van der Waals surface area contributed by atoms with Gasteiger partial charge in [-0.2, -0.15) is 0 Å². The van der Waals surface area contributed by atoms with E-state index in [0.29, 0.717) is 17.5 Å². The molecule has 0 saturated carbocycles. The van der Waals surface area contributed by atoms with Crippen molar-refractivity contribution in [1.82, 2.24) is 9.97 Å². The van der Waals surface area contributed by atoms with Gasteiger partial charge in [-0.05, 0) is 33.6 Å². The summed E-state index contributed by atoms with van der Waals surface area (Å²) < 4.78 is 6.26. The van der Waals surface area contributed by atoms with E-state index in [1.807, 2.05) is 24.3 Å². The van der Waals surface area contributed by atoms with E-state index >= 15 is 0 Å². The number of aromatic nitrogens is 2. The average Bonchev–Trinajstić information content (AvgIpc) is 2.30. The molecule has 1 aromatic carbocycles. The quantitative estimate of drug-likeness (QED) is 0.870. The molecule has 0 bridgehead atoms. The number of hydrogen-bond donors (Lipinski definition) is 0. The lowest BCUT2D eigenvalue weighted by molar-refractivity contribution is 0.291. The molecule has 2 aromatic rings. The Kier molecular flexibility index (Phi) is 3.74. The topological polar surface area (TPSA) is 35.0 Å². The maximum atomic E-state index is 5.79. The van der Waals surface area contributed by atoms with Gasteiger partial charge in [0.1, 0.15) is 12.9 Å². The van der Waals surface area contributed by atoms with Gasteiger partial charge < -0.3 is 4.74 Å². The second-order valence-corrected chi connectivity index (χ2v) is 4.38. The van der Waals surface area contributed by atoms with E-state index in [-0.39, 0.29) is 0 Å². The smallest absolute Gasteiger partial charge is 0.231 e. The Balaban J connectivity index is 2.02. The summed E-state index contributed by atoms with van der Waals surface area (Å²) in [6.07, 6.45) is 3.09. The SMILES string of the molecule is Clc1ccc(COc2ncncc2Br)cc1. The van der Waals surface area contributed by atoms with Gasteiger partial charge in [-0.1, -0.05) is 23.7 Å². The second kappa shape index (κ2) is 5.27. The lowest BCUT2D eigenvalue weighted by Gasteiger charge is -2.06. The van der Waals surface area contributed by atoms with E-state index in [1.165, 1.54) is 6.33 Å². The van der Waals surface area contributed by atoms with Crippen LogP contribution in [0.25, 0.3) is 0 Å². The fourth-order valence-electron chi connectivity index (χ4n) is 1.14. The third-order valence-corrected chi connectivity index (χ3v) is 2.72. The van der Waals surface area contributed by atoms with Gasteiger partial charge in [0.2, 0.25) is 5.88 Å². The van der Waals surface area contributed by atoms with Crippen molar-refractivity contribution in [3.8, 4) is 5.88 Å². The van der Waals surface area contributed by atoms with Crippen molar-refractivity contribution >= 4 is 27.5 Å². The summed E-state index contributed by atoms with van der Waals surface area (Å²) in [6, 6.07) is 7.49. The Morgan fingerprint density at radius 1 is 1.25 bits per heavy atom. The van der Waals surface area contributed by atoms with Crippen LogP contribution in [0.4, 0.5) is 0 Å². The van der Waals surface area contributed by atoms with Crippen molar-refractivity contribution < 1.29 is 4.74 Å². The lowest BCUT2D eigenvalue weighted by atomic mass is 10.2. The number of benzene rings is 1. The zero-order valence-electron chi connectivity index (χ0n) is 8.23. The number of hydrogen-bond acceptors (Lipinski definition) is 3. The zero-order valence-corrected chi connectivity index (χ0v) is 10.6. The molecular weight excluding hydrogens is 291 g/mol. The Morgan fingerprint density at radius 2 is 2.00 bits per heavy atom. The largest absolute Gasteiger partial charge is 0.472 e. The predicted molar refractivity (Wildman–Crippen MR) is 65.5 cm³/mol. The minimum absolute atomic E-state index is 0.451. The van der Waals surface area contributed by atoms with E-state index in [4.69, 9.17) is 16.3 Å². The minimum Gasteiger partial charge on any atom is -0.472 e. The van der Waals surface area contributed by atoms with Gasteiger partial charge in [0.05, 0.1) is 4.47 Å². The highest BCUT2D eigenvalue weighted by molar-refractivity contribution is 9.10. The summed E-state index contributed by atoms with van der Waals surface area (Å²) >= 11 is 9.10. The van der Waals surface area contributed by atoms with Crippen LogP contribution < -0.4 is 4.74 Å². The summed E-state index contributed by atoms with van der Waals surface area (Å²) in [5.74, 6) is 0.532. The normalized spacial score (nSPS) is 10.1. The van der Waals surface area contributed by atoms with Gasteiger partial charge >= 0.3 is 0 Å². The van der Waals surface area contributed by atoms with E-state index in [0.717, 1.165) is 10.0 Å². The number of halogens is 2. The second-order valence-electron chi connectivity index (χ2n) is 3.09. The van der Waals surface area contributed by atoms with Crippen LogP contribution in [0.3, 0.4) is 0 Å². The summed E-state index contributed by atoms with van der Waals surface area (Å²) in [6.45, 7) is 0.451. The van der Waals surface area contributed by atoms with Crippen molar-refractivity contribution in [3.63, 3.8) is 0 Å². The molecule has 0 N–H and O–H groups in total. The Morgan fingerprint density at radius 3 is 2.69 bits per heavy atom. The molecule has 0 amide bonds. The van der Waals surface area contributed by atoms with Gasteiger partial charge in [0.15, 0.2) is 0 Å². The van der Waals surface area contributed by atoms with Crippen LogP contribution in [0.2, 0.25) is 5.02 Å². The fraction of sp³-hybridized carbons (Fsp3) is 0.0909. The molecule has 1 aromatic heterocycles. The van der Waals surface area contributed by atoms with Crippen molar-refractivity contribution in [2.45, 2.75) is 6.61 Å². The predicted octanol–water partition coefficient (Wildman–Crippen LogP) is 3.47. The van der Waals surface area contributed by atoms with Crippen LogP contribution >= 0.6 is 27.5 Å². The molecule has 0 radical (unpaired) electrons. The van der Waals surface area contributed by atoms with Crippen LogP contribution in [0.15, 0.2) is 41.3 Å². The van der Waals surface area contributed by atoms with E-state index < -0.39 is 0 Å². The molecule has 5 heteroatoms. The number of ether oxygens (including phenoxy) is 1. The molecule has 0 unspecified atom stereocenters. The maximum absolute atomic E-state index is 5.79. The maximum Gasteiger partial charge on any atom is 0.231 e. The van der Waals surface area contributed by atoms with Crippen LogP contribution in [-0.2, 0) is 6.61 Å². The Hall–Kier alpha value is -1.13. The van der Waals surface area contributed by atoms with Crippen molar-refractivity contribution in [2.75, 3.05) is 0 Å². The highest BCUT2D eigenvalue weighted by Crippen LogP contribution is 2.21. The molecule has 0 aliphatic rings. The molecule has 0 aliphatic heterocycles. The van der Waals surface area contributed by atoms with Gasteiger partial charge in [0.25, 0.3) is 0 Å². The molecular formula is C11H8BrClN2O. The fourth-order valence-corrected chi connectivity index (χ4v) is 1.60. The minimum atomic E-state index is 0.451. The summed E-state index contributed by atoms with van der Waals surface area (Å²) in [4.78, 5) is 7.86. The standard InChI is InChI=1S/C11H8BrClN2O/c12-10-5-14-7-15-11(10)16-6-8-1-3-9(13)4-2-8/h1-5,7H,6H2. The molecule has 0 spiro atoms. The van der Waals surface area contributed by atoms with Gasteiger partial charge in [-0.3, -0.25) is 0 Å². The van der Waals surface area contributed by atoms with E-state index in [9.17, 15) is 0 Å². The third kappa shape index (κ3) is 2.93. The first-order valence-corrected chi connectivity index (χ1v) is 5.75. The van der Waals surface area contributed by atoms with E-state index in [1.54, 1.807) is 6.20 Å². The lowest BCUT2D eigenvalue weighted by Crippen LogP contribution is -1.98. The summed E-state index contributed by atoms with van der Waals surface area (Å²) in [5, 5.41) is 0.715. The van der Waals surface area contributed by atoms with Gasteiger partial charge in [0, 0.05) is 11.2 Å². The first kappa shape index (κ1) is 11.4. The molecule has 0 aliphatic carbocycles. The van der Waals surface area contributed by atoms with Crippen molar-refractivity contribution in [1.29, 1.82) is 0 Å².